The molecule has 5 heteroatoms. The van der Waals surface area contributed by atoms with Gasteiger partial charge in [-0.15, -0.1) is 0 Å². The maximum atomic E-state index is 12.0. The van der Waals surface area contributed by atoms with Gasteiger partial charge in [-0.1, -0.05) is 17.7 Å². The number of hydrogen-bond acceptors (Lipinski definition) is 3. The Morgan fingerprint density at radius 3 is 2.33 bits per heavy atom. The predicted octanol–water partition coefficient (Wildman–Crippen LogP) is 3.54. The van der Waals surface area contributed by atoms with E-state index in [0.717, 1.165) is 5.56 Å². The van der Waals surface area contributed by atoms with Gasteiger partial charge in [0.15, 0.2) is 11.5 Å². The van der Waals surface area contributed by atoms with Crippen molar-refractivity contribution in [3.63, 3.8) is 0 Å². The normalized spacial score (nSPS) is 10.0. The number of carbonyl (C=O) groups excluding carboxylic acids is 1. The van der Waals surface area contributed by atoms with Gasteiger partial charge in [0.25, 0.3) is 0 Å². The van der Waals surface area contributed by atoms with Crippen LogP contribution in [-0.2, 0) is 11.2 Å². The molecule has 0 heterocycles. The Morgan fingerprint density at radius 2 is 1.71 bits per heavy atom. The number of benzene rings is 2. The number of carbonyl (C=O) groups is 1. The first-order valence-corrected chi connectivity index (χ1v) is 6.76. The second-order valence-electron chi connectivity index (χ2n) is 4.42. The van der Waals surface area contributed by atoms with Crippen molar-refractivity contribution in [1.82, 2.24) is 0 Å². The number of halogens is 1. The van der Waals surface area contributed by atoms with Gasteiger partial charge in [-0.2, -0.15) is 0 Å². The lowest BCUT2D eigenvalue weighted by molar-refractivity contribution is -0.115. The van der Waals surface area contributed by atoms with Crippen molar-refractivity contribution in [1.29, 1.82) is 0 Å². The Labute approximate surface area is 128 Å². The van der Waals surface area contributed by atoms with Gasteiger partial charge in [0, 0.05) is 10.7 Å². The molecule has 4 nitrogen and oxygen atoms in total. The Hall–Kier alpha value is -2.20. The SMILES string of the molecule is COc1ccc(CC(=O)Nc2ccc(Cl)cc2)cc1OC. The maximum Gasteiger partial charge on any atom is 0.228 e. The summed E-state index contributed by atoms with van der Waals surface area (Å²) in [5.41, 5.74) is 1.56. The lowest BCUT2D eigenvalue weighted by atomic mass is 10.1. The quantitative estimate of drug-likeness (QED) is 0.919. The summed E-state index contributed by atoms with van der Waals surface area (Å²) >= 11 is 5.80. The fourth-order valence-corrected chi connectivity index (χ4v) is 2.04. The molecule has 21 heavy (non-hydrogen) atoms. The van der Waals surface area contributed by atoms with Gasteiger partial charge in [-0.3, -0.25) is 4.79 Å². The van der Waals surface area contributed by atoms with Gasteiger partial charge in [0.1, 0.15) is 0 Å². The highest BCUT2D eigenvalue weighted by Gasteiger charge is 2.08. The van der Waals surface area contributed by atoms with Crippen LogP contribution < -0.4 is 14.8 Å². The van der Waals surface area contributed by atoms with Crippen LogP contribution in [0.2, 0.25) is 5.02 Å². The molecule has 0 aliphatic rings. The molecule has 110 valence electrons. The van der Waals surface area contributed by atoms with Crippen molar-refractivity contribution in [2.24, 2.45) is 0 Å². The summed E-state index contributed by atoms with van der Waals surface area (Å²) < 4.78 is 10.4. The molecule has 0 aliphatic carbocycles. The monoisotopic (exact) mass is 305 g/mol. The molecule has 0 atom stereocenters. The summed E-state index contributed by atoms with van der Waals surface area (Å²) in [6.07, 6.45) is 0.253. The van der Waals surface area contributed by atoms with E-state index in [0.29, 0.717) is 22.2 Å². The van der Waals surface area contributed by atoms with Gasteiger partial charge >= 0.3 is 0 Å². The number of methoxy groups -OCH3 is 2. The van der Waals surface area contributed by atoms with Crippen molar-refractivity contribution in [3.8, 4) is 11.5 Å². The Morgan fingerprint density at radius 1 is 1.05 bits per heavy atom. The molecule has 0 aromatic heterocycles. The van der Waals surface area contributed by atoms with E-state index in [4.69, 9.17) is 21.1 Å². The Bertz CT molecular complexity index is 626. The van der Waals surface area contributed by atoms with Crippen LogP contribution in [0.15, 0.2) is 42.5 Å². The third-order valence-corrected chi connectivity index (χ3v) is 3.19. The highest BCUT2D eigenvalue weighted by molar-refractivity contribution is 6.30. The van der Waals surface area contributed by atoms with E-state index in [2.05, 4.69) is 5.32 Å². The summed E-state index contributed by atoms with van der Waals surface area (Å²) in [7, 11) is 3.14. The molecule has 0 saturated carbocycles. The van der Waals surface area contributed by atoms with Crippen molar-refractivity contribution in [2.75, 3.05) is 19.5 Å². The second kappa shape index (κ2) is 6.99. The molecule has 2 aromatic rings. The number of rotatable bonds is 5. The predicted molar refractivity (Wildman–Crippen MR) is 83.3 cm³/mol. The average Bonchev–Trinajstić information content (AvgIpc) is 2.49. The zero-order valence-electron chi connectivity index (χ0n) is 11.9. The standard InChI is InChI=1S/C16H16ClNO3/c1-20-14-8-3-11(9-15(14)21-2)10-16(19)18-13-6-4-12(17)5-7-13/h3-9H,10H2,1-2H3,(H,18,19). The third-order valence-electron chi connectivity index (χ3n) is 2.94. The molecular weight excluding hydrogens is 290 g/mol. The summed E-state index contributed by atoms with van der Waals surface area (Å²) in [5, 5.41) is 3.45. The van der Waals surface area contributed by atoms with E-state index in [-0.39, 0.29) is 12.3 Å². The van der Waals surface area contributed by atoms with E-state index in [1.165, 1.54) is 0 Å². The molecule has 0 saturated heterocycles. The number of ether oxygens (including phenoxy) is 2. The van der Waals surface area contributed by atoms with Gasteiger partial charge < -0.3 is 14.8 Å². The number of anilines is 1. The Balaban J connectivity index is 2.04. The molecule has 0 unspecified atom stereocenters. The van der Waals surface area contributed by atoms with Gasteiger partial charge in [0.05, 0.1) is 20.6 Å². The molecule has 0 spiro atoms. The lowest BCUT2D eigenvalue weighted by Gasteiger charge is -2.10. The molecule has 0 bridgehead atoms. The molecule has 0 fully saturated rings. The molecule has 1 amide bonds. The van der Waals surface area contributed by atoms with Crippen LogP contribution in [-0.4, -0.2) is 20.1 Å². The lowest BCUT2D eigenvalue weighted by Crippen LogP contribution is -2.14. The first-order chi connectivity index (χ1) is 10.1. The first kappa shape index (κ1) is 15.2. The minimum absolute atomic E-state index is 0.107. The molecule has 0 radical (unpaired) electrons. The van der Waals surface area contributed by atoms with Gasteiger partial charge in [-0.05, 0) is 42.0 Å². The minimum Gasteiger partial charge on any atom is -0.493 e. The van der Waals surface area contributed by atoms with Gasteiger partial charge in [0.2, 0.25) is 5.91 Å². The van der Waals surface area contributed by atoms with Crippen LogP contribution in [0, 0.1) is 0 Å². The molecule has 2 aromatic carbocycles. The number of hydrogen-bond donors (Lipinski definition) is 1. The van der Waals surface area contributed by atoms with Crippen LogP contribution in [0.3, 0.4) is 0 Å². The van der Waals surface area contributed by atoms with Crippen LogP contribution in [0.1, 0.15) is 5.56 Å². The van der Waals surface area contributed by atoms with E-state index in [1.54, 1.807) is 50.6 Å². The minimum atomic E-state index is -0.107. The van der Waals surface area contributed by atoms with Crippen LogP contribution >= 0.6 is 11.6 Å². The summed E-state index contributed by atoms with van der Waals surface area (Å²) in [5.74, 6) is 1.14. The highest BCUT2D eigenvalue weighted by Crippen LogP contribution is 2.27. The van der Waals surface area contributed by atoms with E-state index >= 15 is 0 Å². The fourth-order valence-electron chi connectivity index (χ4n) is 1.91. The molecular formula is C16H16ClNO3. The summed E-state index contributed by atoms with van der Waals surface area (Å²) in [4.78, 5) is 12.0. The highest BCUT2D eigenvalue weighted by atomic mass is 35.5. The van der Waals surface area contributed by atoms with E-state index in [1.807, 2.05) is 6.07 Å². The first-order valence-electron chi connectivity index (χ1n) is 6.38. The van der Waals surface area contributed by atoms with Gasteiger partial charge in [-0.25, -0.2) is 0 Å². The molecule has 2 rings (SSSR count). The molecule has 0 aliphatic heterocycles. The van der Waals surface area contributed by atoms with E-state index < -0.39 is 0 Å². The third kappa shape index (κ3) is 4.13. The smallest absolute Gasteiger partial charge is 0.228 e. The van der Waals surface area contributed by atoms with Crippen LogP contribution in [0.4, 0.5) is 5.69 Å². The largest absolute Gasteiger partial charge is 0.493 e. The van der Waals surface area contributed by atoms with Crippen molar-refractivity contribution in [2.45, 2.75) is 6.42 Å². The fraction of sp³-hybridized carbons (Fsp3) is 0.188. The van der Waals surface area contributed by atoms with E-state index in [9.17, 15) is 4.79 Å². The maximum absolute atomic E-state index is 12.0. The van der Waals surface area contributed by atoms with Crippen LogP contribution in [0.5, 0.6) is 11.5 Å². The zero-order valence-corrected chi connectivity index (χ0v) is 12.6. The van der Waals surface area contributed by atoms with Crippen molar-refractivity contribution >= 4 is 23.2 Å². The zero-order chi connectivity index (χ0) is 15.2. The molecule has 1 N–H and O–H groups in total. The van der Waals surface area contributed by atoms with Crippen LogP contribution in [0.25, 0.3) is 0 Å². The topological polar surface area (TPSA) is 47.6 Å². The number of nitrogens with one attached hydrogen (secondary N) is 1. The average molecular weight is 306 g/mol. The van der Waals surface area contributed by atoms with Crippen molar-refractivity contribution < 1.29 is 14.3 Å². The van der Waals surface area contributed by atoms with Crippen molar-refractivity contribution in [3.05, 3.63) is 53.1 Å². The second-order valence-corrected chi connectivity index (χ2v) is 4.86. The number of amides is 1. The summed E-state index contributed by atoms with van der Waals surface area (Å²) in [6.45, 7) is 0. The Kier molecular flexibility index (Phi) is 5.06. The summed E-state index contributed by atoms with van der Waals surface area (Å²) in [6, 6.07) is 12.4.